The molecule has 0 bridgehead atoms. The van der Waals surface area contributed by atoms with Gasteiger partial charge in [-0.3, -0.25) is 4.79 Å². The molecule has 3 N–H and O–H groups in total. The topological polar surface area (TPSA) is 89.3 Å². The van der Waals surface area contributed by atoms with Crippen LogP contribution < -0.4 is 11.1 Å². The first-order valence-corrected chi connectivity index (χ1v) is 9.03. The summed E-state index contributed by atoms with van der Waals surface area (Å²) in [7, 11) is -3.11. The second kappa shape index (κ2) is 9.12. The maximum atomic E-state index is 11.9. The molecule has 126 valence electrons. The Bertz CT molecular complexity index is 588. The van der Waals surface area contributed by atoms with Crippen molar-refractivity contribution in [1.29, 1.82) is 0 Å². The summed E-state index contributed by atoms with van der Waals surface area (Å²) in [6.07, 6.45) is 1.82. The molecule has 0 saturated carbocycles. The third kappa shape index (κ3) is 7.77. The van der Waals surface area contributed by atoms with Crippen LogP contribution in [-0.2, 0) is 26.9 Å². The van der Waals surface area contributed by atoms with Gasteiger partial charge in [-0.25, -0.2) is 8.42 Å². The van der Waals surface area contributed by atoms with Gasteiger partial charge in [-0.05, 0) is 23.5 Å². The number of nitrogens with one attached hydrogen (secondary N) is 1. The Morgan fingerprint density at radius 2 is 1.77 bits per heavy atom. The van der Waals surface area contributed by atoms with E-state index in [0.29, 0.717) is 17.9 Å². The lowest BCUT2D eigenvalue weighted by Crippen LogP contribution is -2.41. The molecule has 1 amide bonds. The third-order valence-electron chi connectivity index (χ3n) is 3.05. The molecule has 0 saturated heterocycles. The van der Waals surface area contributed by atoms with E-state index in [-0.39, 0.29) is 30.6 Å². The summed E-state index contributed by atoms with van der Waals surface area (Å²) in [5.41, 5.74) is 7.32. The van der Waals surface area contributed by atoms with Crippen molar-refractivity contribution in [2.45, 2.75) is 38.6 Å². The van der Waals surface area contributed by atoms with Crippen molar-refractivity contribution in [3.05, 3.63) is 35.4 Å². The zero-order chi connectivity index (χ0) is 16.0. The van der Waals surface area contributed by atoms with Gasteiger partial charge in [0.05, 0.1) is 11.8 Å². The molecular formula is C15H25ClN2O3S. The van der Waals surface area contributed by atoms with Gasteiger partial charge < -0.3 is 11.1 Å². The number of nitrogens with two attached hydrogens (primary N) is 1. The lowest BCUT2D eigenvalue weighted by Gasteiger charge is -2.15. The van der Waals surface area contributed by atoms with Crippen molar-refractivity contribution in [3.63, 3.8) is 0 Å². The van der Waals surface area contributed by atoms with Crippen LogP contribution in [0.3, 0.4) is 0 Å². The van der Waals surface area contributed by atoms with E-state index in [4.69, 9.17) is 5.73 Å². The smallest absolute Gasteiger partial charge is 0.237 e. The largest absolute Gasteiger partial charge is 0.351 e. The molecular weight excluding hydrogens is 324 g/mol. The van der Waals surface area contributed by atoms with Crippen LogP contribution in [0.1, 0.15) is 31.4 Å². The van der Waals surface area contributed by atoms with Gasteiger partial charge in [-0.15, -0.1) is 12.4 Å². The molecule has 1 rings (SSSR count). The van der Waals surface area contributed by atoms with Crippen molar-refractivity contribution in [2.24, 2.45) is 11.7 Å². The molecule has 1 aromatic rings. The molecule has 1 atom stereocenters. The Kier molecular flexibility index (Phi) is 8.66. The minimum atomic E-state index is -3.11. The van der Waals surface area contributed by atoms with Gasteiger partial charge in [-0.2, -0.15) is 0 Å². The van der Waals surface area contributed by atoms with E-state index < -0.39 is 15.9 Å². The summed E-state index contributed by atoms with van der Waals surface area (Å²) < 4.78 is 22.8. The number of halogens is 1. The Morgan fingerprint density at radius 1 is 1.23 bits per heavy atom. The van der Waals surface area contributed by atoms with Gasteiger partial charge in [0, 0.05) is 12.8 Å². The molecule has 0 aliphatic carbocycles. The summed E-state index contributed by atoms with van der Waals surface area (Å²) in [5.74, 6) is 0.109. The summed E-state index contributed by atoms with van der Waals surface area (Å²) in [5, 5.41) is 2.77. The fourth-order valence-electron chi connectivity index (χ4n) is 2.08. The Hall–Kier alpha value is -1.11. The Balaban J connectivity index is 0.00000441. The quantitative estimate of drug-likeness (QED) is 0.784. The van der Waals surface area contributed by atoms with Crippen LogP contribution in [0.5, 0.6) is 0 Å². The molecule has 0 spiro atoms. The highest BCUT2D eigenvalue weighted by Crippen LogP contribution is 2.12. The number of hydrogen-bond acceptors (Lipinski definition) is 4. The SMILES string of the molecule is CC(C)C[C@H](N)C(=O)NCc1ccccc1CS(C)(=O)=O.Cl. The zero-order valence-electron chi connectivity index (χ0n) is 13.2. The number of benzene rings is 1. The predicted molar refractivity (Wildman–Crippen MR) is 91.5 cm³/mol. The minimum absolute atomic E-state index is 0. The van der Waals surface area contributed by atoms with E-state index in [1.165, 1.54) is 6.26 Å². The highest BCUT2D eigenvalue weighted by atomic mass is 35.5. The first-order chi connectivity index (χ1) is 9.69. The van der Waals surface area contributed by atoms with Crippen LogP contribution in [0.2, 0.25) is 0 Å². The normalized spacial score (nSPS) is 12.6. The molecule has 0 radical (unpaired) electrons. The van der Waals surface area contributed by atoms with E-state index in [1.807, 2.05) is 26.0 Å². The number of amides is 1. The number of carbonyl (C=O) groups is 1. The van der Waals surface area contributed by atoms with Crippen LogP contribution in [-0.4, -0.2) is 26.6 Å². The lowest BCUT2D eigenvalue weighted by molar-refractivity contribution is -0.122. The summed E-state index contributed by atoms with van der Waals surface area (Å²) in [6.45, 7) is 4.30. The van der Waals surface area contributed by atoms with Crippen molar-refractivity contribution in [1.82, 2.24) is 5.32 Å². The molecule has 5 nitrogen and oxygen atoms in total. The van der Waals surface area contributed by atoms with Crippen molar-refractivity contribution in [2.75, 3.05) is 6.26 Å². The molecule has 0 aromatic heterocycles. The Labute approximate surface area is 139 Å². The van der Waals surface area contributed by atoms with Gasteiger partial charge in [0.1, 0.15) is 0 Å². The van der Waals surface area contributed by atoms with E-state index in [9.17, 15) is 13.2 Å². The highest BCUT2D eigenvalue weighted by Gasteiger charge is 2.15. The fraction of sp³-hybridized carbons (Fsp3) is 0.533. The summed E-state index contributed by atoms with van der Waals surface area (Å²) >= 11 is 0. The first kappa shape index (κ1) is 20.9. The molecule has 0 aliphatic rings. The van der Waals surface area contributed by atoms with E-state index in [2.05, 4.69) is 5.32 Å². The second-order valence-corrected chi connectivity index (χ2v) is 7.93. The maximum Gasteiger partial charge on any atom is 0.237 e. The average Bonchev–Trinajstić information content (AvgIpc) is 2.34. The number of rotatable bonds is 7. The van der Waals surface area contributed by atoms with E-state index in [0.717, 1.165) is 5.56 Å². The molecule has 0 heterocycles. The van der Waals surface area contributed by atoms with Crippen LogP contribution in [0.4, 0.5) is 0 Å². The molecule has 1 aromatic carbocycles. The first-order valence-electron chi connectivity index (χ1n) is 6.97. The van der Waals surface area contributed by atoms with Crippen LogP contribution in [0.25, 0.3) is 0 Å². The molecule has 0 unspecified atom stereocenters. The van der Waals surface area contributed by atoms with Crippen LogP contribution in [0.15, 0.2) is 24.3 Å². The van der Waals surface area contributed by atoms with Gasteiger partial charge in [0.15, 0.2) is 9.84 Å². The highest BCUT2D eigenvalue weighted by molar-refractivity contribution is 7.89. The van der Waals surface area contributed by atoms with Crippen LogP contribution >= 0.6 is 12.4 Å². The standard InChI is InChI=1S/C15H24N2O3S.ClH/c1-11(2)8-14(16)15(18)17-9-12-6-4-5-7-13(12)10-21(3,19)20;/h4-7,11,14H,8-10,16H2,1-3H3,(H,17,18);1H/t14-;/m0./s1. The van der Waals surface area contributed by atoms with Crippen molar-refractivity contribution >= 4 is 28.2 Å². The molecule has 0 aliphatic heterocycles. The number of carbonyl (C=O) groups excluding carboxylic acids is 1. The lowest BCUT2D eigenvalue weighted by atomic mass is 10.0. The van der Waals surface area contributed by atoms with Gasteiger partial charge >= 0.3 is 0 Å². The summed E-state index contributed by atoms with van der Waals surface area (Å²) in [4.78, 5) is 11.9. The molecule has 0 fully saturated rings. The van der Waals surface area contributed by atoms with Crippen molar-refractivity contribution < 1.29 is 13.2 Å². The summed E-state index contributed by atoms with van der Waals surface area (Å²) in [6, 6.07) is 6.65. The van der Waals surface area contributed by atoms with Gasteiger partial charge in [-0.1, -0.05) is 38.1 Å². The van der Waals surface area contributed by atoms with Gasteiger partial charge in [0.2, 0.25) is 5.91 Å². The predicted octanol–water partition coefficient (Wildman–Crippen LogP) is 1.64. The van der Waals surface area contributed by atoms with Crippen molar-refractivity contribution in [3.8, 4) is 0 Å². The monoisotopic (exact) mass is 348 g/mol. The van der Waals surface area contributed by atoms with E-state index >= 15 is 0 Å². The molecule has 22 heavy (non-hydrogen) atoms. The number of hydrogen-bond donors (Lipinski definition) is 2. The second-order valence-electron chi connectivity index (χ2n) is 5.79. The minimum Gasteiger partial charge on any atom is -0.351 e. The zero-order valence-corrected chi connectivity index (χ0v) is 14.8. The molecule has 7 heteroatoms. The Morgan fingerprint density at radius 3 is 2.27 bits per heavy atom. The van der Waals surface area contributed by atoms with Gasteiger partial charge in [0.25, 0.3) is 0 Å². The van der Waals surface area contributed by atoms with E-state index in [1.54, 1.807) is 12.1 Å². The number of sulfone groups is 1. The fourth-order valence-corrected chi connectivity index (χ4v) is 2.93. The maximum absolute atomic E-state index is 11.9. The third-order valence-corrected chi connectivity index (χ3v) is 3.89. The average molecular weight is 349 g/mol. The van der Waals surface area contributed by atoms with Crippen LogP contribution in [0, 0.1) is 5.92 Å².